The molecule has 2 amide bonds. The van der Waals surface area contributed by atoms with Crippen molar-refractivity contribution in [3.05, 3.63) is 29.8 Å². The number of carbonyl (C=O) groups excluding carboxylic acids is 1. The van der Waals surface area contributed by atoms with Gasteiger partial charge in [0.2, 0.25) is 5.13 Å². The van der Waals surface area contributed by atoms with Gasteiger partial charge < -0.3 is 11.1 Å². The van der Waals surface area contributed by atoms with Crippen LogP contribution in [0.3, 0.4) is 0 Å². The van der Waals surface area contributed by atoms with Crippen molar-refractivity contribution in [3.8, 4) is 0 Å². The molecule has 0 radical (unpaired) electrons. The Hall–Kier alpha value is -2.06. The molecule has 0 bridgehead atoms. The highest BCUT2D eigenvalue weighted by atomic mass is 32.1. The predicted molar refractivity (Wildman–Crippen MR) is 69.4 cm³/mol. The summed E-state index contributed by atoms with van der Waals surface area (Å²) < 4.78 is 3.54. The van der Waals surface area contributed by atoms with E-state index in [9.17, 15) is 4.79 Å². The van der Waals surface area contributed by atoms with Crippen LogP contribution in [0.15, 0.2) is 24.3 Å². The zero-order chi connectivity index (χ0) is 13.0. The van der Waals surface area contributed by atoms with E-state index in [1.54, 1.807) is 12.1 Å². The Bertz CT molecular complexity index is 510. The molecular formula is C10H12N6OS. The van der Waals surface area contributed by atoms with E-state index in [0.717, 1.165) is 17.1 Å². The molecule has 0 aliphatic heterocycles. The Labute approximate surface area is 108 Å². The highest BCUT2D eigenvalue weighted by Crippen LogP contribution is 2.14. The molecule has 1 aromatic carbocycles. The van der Waals surface area contributed by atoms with Gasteiger partial charge in [-0.15, -0.1) is 0 Å². The molecule has 0 saturated heterocycles. The summed E-state index contributed by atoms with van der Waals surface area (Å²) in [6.07, 6.45) is 0. The van der Waals surface area contributed by atoms with Crippen molar-refractivity contribution < 1.29 is 4.79 Å². The molecule has 94 valence electrons. The fourth-order valence-electron chi connectivity index (χ4n) is 1.31. The van der Waals surface area contributed by atoms with Crippen LogP contribution in [0.5, 0.6) is 0 Å². The number of aromatic nitrogens is 3. The summed E-state index contributed by atoms with van der Waals surface area (Å²) in [4.78, 5) is 11.6. The minimum atomic E-state index is -0.387. The van der Waals surface area contributed by atoms with Crippen molar-refractivity contribution >= 4 is 28.4 Å². The molecule has 1 atom stereocenters. The molecule has 2 rings (SSSR count). The Morgan fingerprint density at radius 3 is 2.61 bits per heavy atom. The lowest BCUT2D eigenvalue weighted by atomic mass is 10.1. The number of nitrogens with two attached hydrogens (primary N) is 1. The second-order valence-corrected chi connectivity index (χ2v) is 4.39. The van der Waals surface area contributed by atoms with E-state index in [4.69, 9.17) is 5.73 Å². The van der Waals surface area contributed by atoms with Crippen LogP contribution in [-0.4, -0.2) is 20.8 Å². The largest absolute Gasteiger partial charge is 0.325 e. The Morgan fingerprint density at radius 1 is 1.33 bits per heavy atom. The number of amides is 2. The van der Waals surface area contributed by atoms with Gasteiger partial charge in [0.15, 0.2) is 0 Å². The smallest absolute Gasteiger partial charge is 0.324 e. The molecule has 8 heteroatoms. The molecule has 0 spiro atoms. The number of rotatable bonds is 3. The van der Waals surface area contributed by atoms with Gasteiger partial charge in [-0.05, 0) is 29.8 Å². The summed E-state index contributed by atoms with van der Waals surface area (Å²) in [5, 5.41) is 12.5. The lowest BCUT2D eigenvalue weighted by molar-refractivity contribution is 0.262. The first-order chi connectivity index (χ1) is 8.65. The van der Waals surface area contributed by atoms with Gasteiger partial charge in [0.25, 0.3) is 0 Å². The lowest BCUT2D eigenvalue weighted by Gasteiger charge is -2.08. The summed E-state index contributed by atoms with van der Waals surface area (Å²) in [7, 11) is 0. The Kier molecular flexibility index (Phi) is 3.80. The van der Waals surface area contributed by atoms with Crippen LogP contribution < -0.4 is 16.4 Å². The quantitative estimate of drug-likeness (QED) is 0.780. The van der Waals surface area contributed by atoms with Gasteiger partial charge in [-0.25, -0.2) is 4.79 Å². The highest BCUT2D eigenvalue weighted by molar-refractivity contribution is 7.09. The molecule has 0 fully saturated rings. The van der Waals surface area contributed by atoms with Gasteiger partial charge in [-0.1, -0.05) is 21.7 Å². The summed E-state index contributed by atoms with van der Waals surface area (Å²) in [6.45, 7) is 1.90. The normalized spacial score (nSPS) is 11.9. The van der Waals surface area contributed by atoms with Crippen LogP contribution in [0.1, 0.15) is 18.5 Å². The van der Waals surface area contributed by atoms with Crippen LogP contribution in [0, 0.1) is 0 Å². The van der Waals surface area contributed by atoms with Gasteiger partial charge in [0.05, 0.1) is 0 Å². The van der Waals surface area contributed by atoms with Gasteiger partial charge in [-0.2, -0.15) is 0 Å². The van der Waals surface area contributed by atoms with Crippen LogP contribution in [0.2, 0.25) is 0 Å². The fourth-order valence-corrected chi connectivity index (χ4v) is 1.67. The second-order valence-electron chi connectivity index (χ2n) is 3.66. The molecule has 0 aliphatic rings. The van der Waals surface area contributed by atoms with Crippen molar-refractivity contribution in [1.82, 2.24) is 14.8 Å². The lowest BCUT2D eigenvalue weighted by Crippen LogP contribution is -2.19. The third-order valence-electron chi connectivity index (χ3n) is 2.21. The molecule has 1 aromatic heterocycles. The minimum Gasteiger partial charge on any atom is -0.324 e. The number of carbonyl (C=O) groups is 1. The van der Waals surface area contributed by atoms with Crippen molar-refractivity contribution in [2.75, 3.05) is 10.6 Å². The first kappa shape index (κ1) is 12.4. The van der Waals surface area contributed by atoms with Crippen LogP contribution >= 0.6 is 11.5 Å². The van der Waals surface area contributed by atoms with E-state index < -0.39 is 0 Å². The number of benzene rings is 1. The number of urea groups is 1. The van der Waals surface area contributed by atoms with Crippen molar-refractivity contribution in [1.29, 1.82) is 0 Å². The molecule has 18 heavy (non-hydrogen) atoms. The van der Waals surface area contributed by atoms with E-state index in [0.29, 0.717) is 10.8 Å². The number of hydrogen-bond acceptors (Lipinski definition) is 6. The third-order valence-corrected chi connectivity index (χ3v) is 2.73. The van der Waals surface area contributed by atoms with E-state index in [1.165, 1.54) is 0 Å². The maximum absolute atomic E-state index is 11.6. The van der Waals surface area contributed by atoms with Crippen molar-refractivity contribution in [2.24, 2.45) is 5.73 Å². The fraction of sp³-hybridized carbons (Fsp3) is 0.200. The Morgan fingerprint density at radius 2 is 2.06 bits per heavy atom. The van der Waals surface area contributed by atoms with Crippen LogP contribution in [0.25, 0.3) is 0 Å². The highest BCUT2D eigenvalue weighted by Gasteiger charge is 2.06. The zero-order valence-corrected chi connectivity index (χ0v) is 10.4. The first-order valence-electron chi connectivity index (χ1n) is 5.24. The second kappa shape index (κ2) is 5.52. The molecule has 4 N–H and O–H groups in total. The van der Waals surface area contributed by atoms with E-state index in [1.807, 2.05) is 19.1 Å². The third kappa shape index (κ3) is 3.22. The SMILES string of the molecule is CC(N)c1ccc(NC(=O)Nc2nnns2)cc1. The minimum absolute atomic E-state index is 0.0275. The van der Waals surface area contributed by atoms with Crippen molar-refractivity contribution in [2.45, 2.75) is 13.0 Å². The average Bonchev–Trinajstić information content (AvgIpc) is 2.82. The van der Waals surface area contributed by atoms with Crippen molar-refractivity contribution in [3.63, 3.8) is 0 Å². The summed E-state index contributed by atoms with van der Waals surface area (Å²) in [5.74, 6) is 0. The topological polar surface area (TPSA) is 106 Å². The molecule has 7 nitrogen and oxygen atoms in total. The molecule has 1 unspecified atom stereocenters. The van der Waals surface area contributed by atoms with Gasteiger partial charge in [0.1, 0.15) is 0 Å². The number of nitrogens with zero attached hydrogens (tertiary/aromatic N) is 3. The molecule has 0 aliphatic carbocycles. The monoisotopic (exact) mass is 264 g/mol. The van der Waals surface area contributed by atoms with E-state index in [-0.39, 0.29) is 12.1 Å². The molecule has 0 saturated carbocycles. The maximum atomic E-state index is 11.6. The standard InChI is InChI=1S/C10H12N6OS/c1-6(11)7-2-4-8(5-3-7)12-9(17)13-10-14-15-16-18-10/h2-6H,11H2,1H3,(H2,12,13,14,16,17). The van der Waals surface area contributed by atoms with Crippen LogP contribution in [0.4, 0.5) is 15.6 Å². The number of hydrogen-bond donors (Lipinski definition) is 3. The predicted octanol–water partition coefficient (Wildman–Crippen LogP) is 1.60. The summed E-state index contributed by atoms with van der Waals surface area (Å²) >= 11 is 1.01. The Balaban J connectivity index is 1.95. The van der Waals surface area contributed by atoms with Gasteiger partial charge >= 0.3 is 6.03 Å². The average molecular weight is 264 g/mol. The molecular weight excluding hydrogens is 252 g/mol. The summed E-state index contributed by atoms with van der Waals surface area (Å²) in [6, 6.07) is 6.90. The van der Waals surface area contributed by atoms with Gasteiger partial charge in [-0.3, -0.25) is 5.32 Å². The maximum Gasteiger partial charge on any atom is 0.325 e. The van der Waals surface area contributed by atoms with E-state index in [2.05, 4.69) is 25.4 Å². The van der Waals surface area contributed by atoms with E-state index >= 15 is 0 Å². The zero-order valence-electron chi connectivity index (χ0n) is 9.62. The van der Waals surface area contributed by atoms with Gasteiger partial charge in [0, 0.05) is 23.3 Å². The molecule has 2 aromatic rings. The summed E-state index contributed by atoms with van der Waals surface area (Å²) in [5.41, 5.74) is 7.42. The number of anilines is 2. The first-order valence-corrected chi connectivity index (χ1v) is 6.01. The molecule has 1 heterocycles. The number of nitrogens with one attached hydrogen (secondary N) is 2. The van der Waals surface area contributed by atoms with Crippen LogP contribution in [-0.2, 0) is 0 Å².